The molecule has 0 saturated carbocycles. The molecule has 2 aromatic rings. The van der Waals surface area contributed by atoms with Crippen molar-refractivity contribution in [1.82, 2.24) is 5.32 Å². The highest BCUT2D eigenvalue weighted by Gasteiger charge is 2.34. The third-order valence-corrected chi connectivity index (χ3v) is 4.29. The zero-order chi connectivity index (χ0) is 18.0. The maximum absolute atomic E-state index is 13.0. The van der Waals surface area contributed by atoms with Gasteiger partial charge in [-0.15, -0.1) is 0 Å². The molecule has 1 aliphatic rings. The van der Waals surface area contributed by atoms with E-state index in [1.54, 1.807) is 19.2 Å². The van der Waals surface area contributed by atoms with Gasteiger partial charge in [-0.3, -0.25) is 4.79 Å². The number of halogens is 1. The zero-order valence-corrected chi connectivity index (χ0v) is 14.6. The molecule has 1 atom stereocenters. The second-order valence-corrected chi connectivity index (χ2v) is 6.89. The van der Waals surface area contributed by atoms with Crippen molar-refractivity contribution in [3.63, 3.8) is 0 Å². The fourth-order valence-electron chi connectivity index (χ4n) is 3.12. The lowest BCUT2D eigenvalue weighted by Crippen LogP contribution is -2.41. The van der Waals surface area contributed by atoms with Crippen LogP contribution >= 0.6 is 0 Å². The number of rotatable bonds is 4. The molecule has 1 heterocycles. The number of carbonyl (C=O) groups is 1. The number of methoxy groups -OCH3 is 1. The molecule has 0 bridgehead atoms. The Hall–Kier alpha value is -2.56. The van der Waals surface area contributed by atoms with Gasteiger partial charge in [-0.25, -0.2) is 4.39 Å². The Labute approximate surface area is 147 Å². The van der Waals surface area contributed by atoms with Gasteiger partial charge in [0, 0.05) is 12.0 Å². The van der Waals surface area contributed by atoms with Gasteiger partial charge in [0.15, 0.2) is 0 Å². The van der Waals surface area contributed by atoms with Crippen LogP contribution in [0.2, 0.25) is 0 Å². The van der Waals surface area contributed by atoms with Crippen molar-refractivity contribution >= 4 is 5.91 Å². The minimum atomic E-state index is -0.380. The fourth-order valence-corrected chi connectivity index (χ4v) is 3.12. The Kier molecular flexibility index (Phi) is 4.66. The lowest BCUT2D eigenvalue weighted by atomic mass is 9.89. The first-order valence-electron chi connectivity index (χ1n) is 8.27. The smallest absolute Gasteiger partial charge is 0.224 e. The zero-order valence-electron chi connectivity index (χ0n) is 14.6. The number of amides is 1. The molecule has 0 radical (unpaired) electrons. The van der Waals surface area contributed by atoms with Crippen LogP contribution in [0.4, 0.5) is 4.39 Å². The van der Waals surface area contributed by atoms with E-state index in [-0.39, 0.29) is 29.8 Å². The van der Waals surface area contributed by atoms with Gasteiger partial charge in [-0.1, -0.05) is 12.1 Å². The number of hydrogen-bond donors (Lipinski definition) is 1. The molecular formula is C20H22FNO3. The molecule has 4 nitrogen and oxygen atoms in total. The summed E-state index contributed by atoms with van der Waals surface area (Å²) in [5.74, 6) is 1.06. The van der Waals surface area contributed by atoms with Crippen molar-refractivity contribution in [3.8, 4) is 11.5 Å². The van der Waals surface area contributed by atoms with Crippen LogP contribution in [0.5, 0.6) is 11.5 Å². The summed E-state index contributed by atoms with van der Waals surface area (Å²) in [5, 5.41) is 3.08. The molecule has 132 valence electrons. The largest absolute Gasteiger partial charge is 0.497 e. The molecule has 0 saturated heterocycles. The summed E-state index contributed by atoms with van der Waals surface area (Å²) in [7, 11) is 1.61. The first-order valence-corrected chi connectivity index (χ1v) is 8.27. The number of hydrogen-bond acceptors (Lipinski definition) is 3. The van der Waals surface area contributed by atoms with E-state index in [2.05, 4.69) is 5.32 Å². The van der Waals surface area contributed by atoms with Gasteiger partial charge < -0.3 is 14.8 Å². The van der Waals surface area contributed by atoms with Crippen molar-refractivity contribution in [2.45, 2.75) is 38.3 Å². The normalized spacial score (nSPS) is 18.0. The molecule has 1 N–H and O–H groups in total. The minimum Gasteiger partial charge on any atom is -0.497 e. The van der Waals surface area contributed by atoms with Gasteiger partial charge in [0.25, 0.3) is 0 Å². The Morgan fingerprint density at radius 1 is 1.28 bits per heavy atom. The molecule has 1 aliphatic heterocycles. The summed E-state index contributed by atoms with van der Waals surface area (Å²) >= 11 is 0. The first-order chi connectivity index (χ1) is 11.9. The second kappa shape index (κ2) is 6.75. The van der Waals surface area contributed by atoms with Gasteiger partial charge in [0.05, 0.1) is 19.6 Å². The predicted molar refractivity (Wildman–Crippen MR) is 93.3 cm³/mol. The highest BCUT2D eigenvalue weighted by Crippen LogP contribution is 2.41. The van der Waals surface area contributed by atoms with Crippen LogP contribution in [0.3, 0.4) is 0 Å². The molecule has 5 heteroatoms. The molecule has 0 aromatic heterocycles. The van der Waals surface area contributed by atoms with E-state index in [1.807, 2.05) is 32.0 Å². The standard InChI is InChI=1S/C20H22FNO3/c1-20(2)12-17(16-11-15(24-3)8-9-18(16)25-20)22-19(23)10-13-4-6-14(21)7-5-13/h4-9,11,17H,10,12H2,1-3H3,(H,22,23)/t17-/m0/s1. The van der Waals surface area contributed by atoms with E-state index in [9.17, 15) is 9.18 Å². The van der Waals surface area contributed by atoms with Crippen LogP contribution in [-0.2, 0) is 11.2 Å². The third kappa shape index (κ3) is 4.10. The number of fused-ring (bicyclic) bond motifs is 1. The number of carbonyl (C=O) groups excluding carboxylic acids is 1. The van der Waals surface area contributed by atoms with Crippen LogP contribution in [0.1, 0.15) is 37.4 Å². The van der Waals surface area contributed by atoms with Crippen molar-refractivity contribution in [3.05, 3.63) is 59.4 Å². The fraction of sp³-hybridized carbons (Fsp3) is 0.350. The Morgan fingerprint density at radius 3 is 2.68 bits per heavy atom. The van der Waals surface area contributed by atoms with Gasteiger partial charge in [-0.2, -0.15) is 0 Å². The quantitative estimate of drug-likeness (QED) is 0.919. The van der Waals surface area contributed by atoms with Crippen LogP contribution in [0, 0.1) is 5.82 Å². The van der Waals surface area contributed by atoms with Crippen LogP contribution in [-0.4, -0.2) is 18.6 Å². The molecule has 2 aromatic carbocycles. The molecule has 0 aliphatic carbocycles. The summed E-state index contributed by atoms with van der Waals surface area (Å²) in [6, 6.07) is 11.4. The van der Waals surface area contributed by atoms with Gasteiger partial charge in [0.2, 0.25) is 5.91 Å². The summed E-state index contributed by atoms with van der Waals surface area (Å²) in [6.07, 6.45) is 0.861. The van der Waals surface area contributed by atoms with Crippen LogP contribution in [0.15, 0.2) is 42.5 Å². The van der Waals surface area contributed by atoms with Crippen LogP contribution in [0.25, 0.3) is 0 Å². The summed E-state index contributed by atoms with van der Waals surface area (Å²) in [4.78, 5) is 12.5. The summed E-state index contributed by atoms with van der Waals surface area (Å²) in [6.45, 7) is 4.00. The van der Waals surface area contributed by atoms with Crippen molar-refractivity contribution in [2.24, 2.45) is 0 Å². The molecule has 25 heavy (non-hydrogen) atoms. The van der Waals surface area contributed by atoms with Crippen molar-refractivity contribution in [1.29, 1.82) is 0 Å². The van der Waals surface area contributed by atoms with E-state index >= 15 is 0 Å². The first kappa shape index (κ1) is 17.3. The Morgan fingerprint density at radius 2 is 2.00 bits per heavy atom. The molecule has 0 unspecified atom stereocenters. The number of nitrogens with one attached hydrogen (secondary N) is 1. The predicted octanol–water partition coefficient (Wildman–Crippen LogP) is 3.80. The SMILES string of the molecule is COc1ccc2c(c1)[C@@H](NC(=O)Cc1ccc(F)cc1)CC(C)(C)O2. The van der Waals surface area contributed by atoms with E-state index in [1.165, 1.54) is 12.1 Å². The monoisotopic (exact) mass is 343 g/mol. The number of ether oxygens (including phenoxy) is 2. The highest BCUT2D eigenvalue weighted by molar-refractivity contribution is 5.79. The Balaban J connectivity index is 1.79. The average molecular weight is 343 g/mol. The van der Waals surface area contributed by atoms with Gasteiger partial charge in [0.1, 0.15) is 22.9 Å². The second-order valence-electron chi connectivity index (χ2n) is 6.89. The average Bonchev–Trinajstić information content (AvgIpc) is 2.55. The lowest BCUT2D eigenvalue weighted by molar-refractivity contribution is -0.121. The van der Waals surface area contributed by atoms with E-state index in [0.717, 1.165) is 22.6 Å². The molecule has 0 spiro atoms. The third-order valence-electron chi connectivity index (χ3n) is 4.29. The van der Waals surface area contributed by atoms with Gasteiger partial charge >= 0.3 is 0 Å². The number of benzene rings is 2. The van der Waals surface area contributed by atoms with Crippen molar-refractivity contribution in [2.75, 3.05) is 7.11 Å². The van der Waals surface area contributed by atoms with E-state index in [4.69, 9.17) is 9.47 Å². The maximum Gasteiger partial charge on any atom is 0.224 e. The molecule has 3 rings (SSSR count). The van der Waals surface area contributed by atoms with Crippen LogP contribution < -0.4 is 14.8 Å². The minimum absolute atomic E-state index is 0.108. The molecular weight excluding hydrogens is 321 g/mol. The molecule has 1 amide bonds. The summed E-state index contributed by atoms with van der Waals surface area (Å²) < 4.78 is 24.3. The topological polar surface area (TPSA) is 47.6 Å². The maximum atomic E-state index is 13.0. The van der Waals surface area contributed by atoms with E-state index in [0.29, 0.717) is 6.42 Å². The summed E-state index contributed by atoms with van der Waals surface area (Å²) in [5.41, 5.74) is 1.30. The Bertz CT molecular complexity index is 771. The van der Waals surface area contributed by atoms with Gasteiger partial charge in [-0.05, 0) is 49.7 Å². The lowest BCUT2D eigenvalue weighted by Gasteiger charge is -2.38. The van der Waals surface area contributed by atoms with E-state index < -0.39 is 0 Å². The highest BCUT2D eigenvalue weighted by atomic mass is 19.1. The van der Waals surface area contributed by atoms with Crippen molar-refractivity contribution < 1.29 is 18.7 Å². The molecule has 0 fully saturated rings.